The molecule has 1 atom stereocenters. The van der Waals surface area contributed by atoms with Crippen LogP contribution in [0.5, 0.6) is 0 Å². The number of aryl methyl sites for hydroxylation is 1. The van der Waals surface area contributed by atoms with E-state index in [2.05, 4.69) is 10.1 Å². The van der Waals surface area contributed by atoms with Crippen molar-refractivity contribution in [2.24, 2.45) is 0 Å². The summed E-state index contributed by atoms with van der Waals surface area (Å²) >= 11 is 0. The first kappa shape index (κ1) is 14.9. The van der Waals surface area contributed by atoms with Gasteiger partial charge >= 0.3 is 0 Å². The van der Waals surface area contributed by atoms with Crippen LogP contribution < -0.4 is 0 Å². The van der Waals surface area contributed by atoms with Crippen LogP contribution in [-0.2, 0) is 0 Å². The minimum absolute atomic E-state index is 0.0766. The lowest BCUT2D eigenvalue weighted by molar-refractivity contribution is 0.0697. The van der Waals surface area contributed by atoms with Crippen molar-refractivity contribution in [2.45, 2.75) is 25.7 Å². The van der Waals surface area contributed by atoms with Crippen LogP contribution in [0.2, 0.25) is 0 Å². The molecule has 0 saturated carbocycles. The van der Waals surface area contributed by atoms with Crippen molar-refractivity contribution < 1.29 is 9.32 Å². The van der Waals surface area contributed by atoms with E-state index in [9.17, 15) is 4.79 Å². The second kappa shape index (κ2) is 6.07. The number of carbonyl (C=O) groups is 1. The molecule has 24 heavy (non-hydrogen) atoms. The first-order valence-corrected chi connectivity index (χ1v) is 8.29. The summed E-state index contributed by atoms with van der Waals surface area (Å²) in [4.78, 5) is 19.3. The summed E-state index contributed by atoms with van der Waals surface area (Å²) in [5, 5.41) is 5.96. The first-order valence-electron chi connectivity index (χ1n) is 8.29. The summed E-state index contributed by atoms with van der Waals surface area (Å²) < 4.78 is 5.31. The molecule has 0 spiro atoms. The molecular formula is C19H19N3O2. The largest absolute Gasteiger partial charge is 0.339 e. The van der Waals surface area contributed by atoms with Gasteiger partial charge in [-0.25, -0.2) is 0 Å². The highest BCUT2D eigenvalue weighted by atomic mass is 16.5. The highest BCUT2D eigenvalue weighted by Crippen LogP contribution is 2.28. The van der Waals surface area contributed by atoms with E-state index in [-0.39, 0.29) is 11.8 Å². The lowest BCUT2D eigenvalue weighted by Gasteiger charge is -2.31. The monoisotopic (exact) mass is 321 g/mol. The fourth-order valence-electron chi connectivity index (χ4n) is 3.42. The van der Waals surface area contributed by atoms with Crippen molar-refractivity contribution in [3.8, 4) is 0 Å². The normalized spacial score (nSPS) is 18.0. The Morgan fingerprint density at radius 3 is 2.88 bits per heavy atom. The number of fused-ring (bicyclic) bond motifs is 1. The lowest BCUT2D eigenvalue weighted by Crippen LogP contribution is -2.39. The molecule has 1 aromatic heterocycles. The summed E-state index contributed by atoms with van der Waals surface area (Å²) in [5.74, 6) is 1.48. The molecule has 1 saturated heterocycles. The molecule has 0 radical (unpaired) electrons. The molecule has 3 aromatic rings. The Balaban J connectivity index is 1.61. The van der Waals surface area contributed by atoms with Crippen LogP contribution in [0.3, 0.4) is 0 Å². The summed E-state index contributed by atoms with van der Waals surface area (Å²) in [6, 6.07) is 13.9. The summed E-state index contributed by atoms with van der Waals surface area (Å²) in [6.07, 6.45) is 1.92. The Morgan fingerprint density at radius 1 is 1.21 bits per heavy atom. The van der Waals surface area contributed by atoms with Crippen LogP contribution in [0.4, 0.5) is 0 Å². The molecule has 0 aliphatic carbocycles. The first-order chi connectivity index (χ1) is 11.7. The Morgan fingerprint density at radius 2 is 2.04 bits per heavy atom. The van der Waals surface area contributed by atoms with Crippen LogP contribution in [0.1, 0.15) is 40.8 Å². The van der Waals surface area contributed by atoms with Gasteiger partial charge in [0, 0.05) is 18.7 Å². The Hall–Kier alpha value is -2.69. The molecule has 5 nitrogen and oxygen atoms in total. The molecule has 2 aromatic carbocycles. The summed E-state index contributed by atoms with van der Waals surface area (Å²) in [6.45, 7) is 3.21. The van der Waals surface area contributed by atoms with Gasteiger partial charge in [-0.15, -0.1) is 0 Å². The van der Waals surface area contributed by atoms with Crippen LogP contribution >= 0.6 is 0 Å². The van der Waals surface area contributed by atoms with Crippen LogP contribution in [-0.4, -0.2) is 34.0 Å². The number of carbonyl (C=O) groups excluding carboxylic acids is 1. The van der Waals surface area contributed by atoms with E-state index in [1.54, 1.807) is 0 Å². The van der Waals surface area contributed by atoms with Gasteiger partial charge in [0.25, 0.3) is 5.91 Å². The number of benzene rings is 2. The average molecular weight is 321 g/mol. The molecule has 122 valence electrons. The van der Waals surface area contributed by atoms with Crippen LogP contribution in [0.15, 0.2) is 47.0 Å². The third-order valence-electron chi connectivity index (χ3n) is 4.62. The van der Waals surface area contributed by atoms with Gasteiger partial charge in [-0.1, -0.05) is 41.6 Å². The Kier molecular flexibility index (Phi) is 3.76. The Bertz CT molecular complexity index is 882. The van der Waals surface area contributed by atoms with Crippen molar-refractivity contribution in [3.05, 3.63) is 59.7 Å². The van der Waals surface area contributed by atoms with E-state index < -0.39 is 0 Å². The van der Waals surface area contributed by atoms with Crippen molar-refractivity contribution >= 4 is 16.7 Å². The van der Waals surface area contributed by atoms with E-state index in [4.69, 9.17) is 4.52 Å². The zero-order chi connectivity index (χ0) is 16.5. The SMILES string of the molecule is Cc1noc(C2CCCN(C(=O)c3cccc4ccccc34)C2)n1. The molecule has 0 bridgehead atoms. The van der Waals surface area contributed by atoms with Gasteiger partial charge in [-0.2, -0.15) is 4.98 Å². The van der Waals surface area contributed by atoms with Gasteiger partial charge in [-0.05, 0) is 36.6 Å². The van der Waals surface area contributed by atoms with E-state index in [0.29, 0.717) is 18.3 Å². The molecule has 2 heterocycles. The highest BCUT2D eigenvalue weighted by molar-refractivity contribution is 6.07. The second-order valence-electron chi connectivity index (χ2n) is 6.30. The number of amides is 1. The van der Waals surface area contributed by atoms with Gasteiger partial charge in [0.15, 0.2) is 5.82 Å². The summed E-state index contributed by atoms with van der Waals surface area (Å²) in [7, 11) is 0. The smallest absolute Gasteiger partial charge is 0.254 e. The van der Waals surface area contributed by atoms with Crippen molar-refractivity contribution in [3.63, 3.8) is 0 Å². The van der Waals surface area contributed by atoms with Crippen molar-refractivity contribution in [2.75, 3.05) is 13.1 Å². The molecule has 1 unspecified atom stereocenters. The quantitative estimate of drug-likeness (QED) is 0.724. The van der Waals surface area contributed by atoms with E-state index in [0.717, 1.165) is 35.7 Å². The average Bonchev–Trinajstić information content (AvgIpc) is 3.07. The number of nitrogens with zero attached hydrogens (tertiary/aromatic N) is 3. The number of hydrogen-bond acceptors (Lipinski definition) is 4. The highest BCUT2D eigenvalue weighted by Gasteiger charge is 2.29. The van der Waals surface area contributed by atoms with Crippen molar-refractivity contribution in [1.82, 2.24) is 15.0 Å². The molecule has 1 aliphatic heterocycles. The molecule has 5 heteroatoms. The Labute approximate surface area is 140 Å². The van der Waals surface area contributed by atoms with Crippen molar-refractivity contribution in [1.29, 1.82) is 0 Å². The molecule has 4 rings (SSSR count). The molecule has 1 amide bonds. The number of likely N-dealkylation sites (tertiary alicyclic amines) is 1. The second-order valence-corrected chi connectivity index (χ2v) is 6.30. The predicted octanol–water partition coefficient (Wildman–Crippen LogP) is 3.55. The maximum atomic E-state index is 13.1. The van der Waals surface area contributed by atoms with Gasteiger partial charge in [0.05, 0.1) is 5.92 Å². The number of piperidine rings is 1. The minimum atomic E-state index is 0.0766. The van der Waals surface area contributed by atoms with Gasteiger partial charge in [0.2, 0.25) is 5.89 Å². The van der Waals surface area contributed by atoms with Crippen LogP contribution in [0.25, 0.3) is 10.8 Å². The third kappa shape index (κ3) is 2.66. The summed E-state index contributed by atoms with van der Waals surface area (Å²) in [5.41, 5.74) is 0.760. The topological polar surface area (TPSA) is 59.2 Å². The minimum Gasteiger partial charge on any atom is -0.339 e. The van der Waals surface area contributed by atoms with Gasteiger partial charge < -0.3 is 9.42 Å². The fraction of sp³-hybridized carbons (Fsp3) is 0.316. The zero-order valence-corrected chi connectivity index (χ0v) is 13.6. The third-order valence-corrected chi connectivity index (χ3v) is 4.62. The zero-order valence-electron chi connectivity index (χ0n) is 13.6. The number of rotatable bonds is 2. The fourth-order valence-corrected chi connectivity index (χ4v) is 3.42. The van der Waals surface area contributed by atoms with E-state index >= 15 is 0 Å². The molecule has 1 aliphatic rings. The molecular weight excluding hydrogens is 302 g/mol. The predicted molar refractivity (Wildman–Crippen MR) is 90.9 cm³/mol. The molecule has 0 N–H and O–H groups in total. The standard InChI is InChI=1S/C19H19N3O2/c1-13-20-18(24-21-13)15-8-5-11-22(12-15)19(23)17-10-4-7-14-6-2-3-9-16(14)17/h2-4,6-7,9-10,15H,5,8,11-12H2,1H3. The van der Waals surface area contributed by atoms with Gasteiger partial charge in [0.1, 0.15) is 0 Å². The number of hydrogen-bond donors (Lipinski definition) is 0. The lowest BCUT2D eigenvalue weighted by atomic mass is 9.96. The maximum Gasteiger partial charge on any atom is 0.254 e. The van der Waals surface area contributed by atoms with Gasteiger partial charge in [-0.3, -0.25) is 4.79 Å². The van der Waals surface area contributed by atoms with E-state index in [1.807, 2.05) is 54.3 Å². The van der Waals surface area contributed by atoms with E-state index in [1.165, 1.54) is 0 Å². The maximum absolute atomic E-state index is 13.1. The van der Waals surface area contributed by atoms with Crippen LogP contribution in [0, 0.1) is 6.92 Å². The number of aromatic nitrogens is 2. The molecule has 1 fully saturated rings.